The van der Waals surface area contributed by atoms with E-state index in [2.05, 4.69) is 0 Å². The third-order valence-corrected chi connectivity index (χ3v) is 8.21. The van der Waals surface area contributed by atoms with E-state index in [1.165, 1.54) is 18.2 Å². The first-order valence-electron chi connectivity index (χ1n) is 7.52. The van der Waals surface area contributed by atoms with Gasteiger partial charge < -0.3 is 4.90 Å². The van der Waals surface area contributed by atoms with E-state index in [9.17, 15) is 16.8 Å². The molecular weight excluding hydrogens is 382 g/mol. The van der Waals surface area contributed by atoms with Gasteiger partial charge in [0.15, 0.2) is 19.7 Å². The van der Waals surface area contributed by atoms with Crippen LogP contribution in [0.15, 0.2) is 58.3 Å². The summed E-state index contributed by atoms with van der Waals surface area (Å²) in [5.74, 6) is -0.399. The summed E-state index contributed by atoms with van der Waals surface area (Å²) in [6.07, 6.45) is 0. The molecule has 2 aromatic rings. The quantitative estimate of drug-likeness (QED) is 0.787. The molecule has 0 radical (unpaired) electrons. The van der Waals surface area contributed by atoms with E-state index in [1.54, 1.807) is 30.3 Å². The standard InChI is InChI=1S/C17H19NO4S2.ClH/c1-18(2)11-13-7-6-10-15-17(13)16(12-23(15,19)20)24(21,22)14-8-4-3-5-9-14;/h3-10,16H,11-12H2,1-2H3;1H. The Bertz CT molecular complexity index is 971. The summed E-state index contributed by atoms with van der Waals surface area (Å²) in [7, 11) is -3.65. The first-order chi connectivity index (χ1) is 11.2. The maximum Gasteiger partial charge on any atom is 0.186 e. The molecule has 1 aliphatic heterocycles. The average molecular weight is 402 g/mol. The Morgan fingerprint density at radius 1 is 1.04 bits per heavy atom. The van der Waals surface area contributed by atoms with E-state index in [0.29, 0.717) is 12.1 Å². The third-order valence-electron chi connectivity index (χ3n) is 4.12. The molecule has 0 spiro atoms. The number of hydrogen-bond acceptors (Lipinski definition) is 5. The van der Waals surface area contributed by atoms with Crippen molar-refractivity contribution in [3.63, 3.8) is 0 Å². The normalized spacial score (nSPS) is 18.6. The van der Waals surface area contributed by atoms with Crippen LogP contribution in [-0.2, 0) is 26.2 Å². The van der Waals surface area contributed by atoms with Crippen LogP contribution in [0.25, 0.3) is 0 Å². The highest BCUT2D eigenvalue weighted by Gasteiger charge is 2.44. The predicted octanol–water partition coefficient (Wildman–Crippen LogP) is 2.47. The lowest BCUT2D eigenvalue weighted by Gasteiger charge is -2.18. The van der Waals surface area contributed by atoms with Crippen LogP contribution >= 0.6 is 12.4 Å². The van der Waals surface area contributed by atoms with Crippen LogP contribution in [0.3, 0.4) is 0 Å². The Balaban J connectivity index is 0.00000225. The van der Waals surface area contributed by atoms with Crippen LogP contribution in [0.5, 0.6) is 0 Å². The molecule has 0 fully saturated rings. The zero-order chi connectivity index (χ0) is 17.5. The zero-order valence-electron chi connectivity index (χ0n) is 13.9. The van der Waals surface area contributed by atoms with Crippen molar-refractivity contribution < 1.29 is 16.8 Å². The van der Waals surface area contributed by atoms with Crippen LogP contribution < -0.4 is 0 Å². The average Bonchev–Trinajstić information content (AvgIpc) is 2.81. The largest absolute Gasteiger partial charge is 0.305 e. The maximum absolute atomic E-state index is 13.0. The molecule has 25 heavy (non-hydrogen) atoms. The second kappa shape index (κ2) is 7.07. The second-order valence-corrected chi connectivity index (χ2v) is 10.3. The summed E-state index contributed by atoms with van der Waals surface area (Å²) < 4.78 is 51.1. The molecule has 0 N–H and O–H groups in total. The summed E-state index contributed by atoms with van der Waals surface area (Å²) >= 11 is 0. The van der Waals surface area contributed by atoms with Crippen molar-refractivity contribution in [1.82, 2.24) is 4.90 Å². The van der Waals surface area contributed by atoms with E-state index < -0.39 is 30.7 Å². The van der Waals surface area contributed by atoms with Crippen LogP contribution in [0.1, 0.15) is 16.4 Å². The van der Waals surface area contributed by atoms with Crippen molar-refractivity contribution in [2.45, 2.75) is 21.6 Å². The fraction of sp³-hybridized carbons (Fsp3) is 0.294. The Morgan fingerprint density at radius 2 is 1.68 bits per heavy atom. The van der Waals surface area contributed by atoms with Gasteiger partial charge in [0, 0.05) is 6.54 Å². The monoisotopic (exact) mass is 401 g/mol. The number of rotatable bonds is 4. The van der Waals surface area contributed by atoms with Gasteiger partial charge in [-0.25, -0.2) is 16.8 Å². The Hall–Kier alpha value is -1.41. The summed E-state index contributed by atoms with van der Waals surface area (Å²) in [5, 5.41) is -1.06. The molecule has 5 nitrogen and oxygen atoms in total. The lowest BCUT2D eigenvalue weighted by Crippen LogP contribution is -2.18. The van der Waals surface area contributed by atoms with Crippen molar-refractivity contribution in [2.75, 3.05) is 19.8 Å². The molecule has 136 valence electrons. The van der Waals surface area contributed by atoms with Gasteiger partial charge in [0.1, 0.15) is 5.25 Å². The fourth-order valence-electron chi connectivity index (χ4n) is 3.10. The van der Waals surface area contributed by atoms with Gasteiger partial charge in [0.2, 0.25) is 0 Å². The molecule has 2 aromatic carbocycles. The number of nitrogens with zero attached hydrogens (tertiary/aromatic N) is 1. The molecular formula is C17H20ClNO4S2. The van der Waals surface area contributed by atoms with Gasteiger partial charge in [0.25, 0.3) is 0 Å². The van der Waals surface area contributed by atoms with Crippen molar-refractivity contribution in [2.24, 2.45) is 0 Å². The summed E-state index contributed by atoms with van der Waals surface area (Å²) in [6, 6.07) is 13.0. The highest BCUT2D eigenvalue weighted by molar-refractivity contribution is 7.96. The molecule has 1 heterocycles. The lowest BCUT2D eigenvalue weighted by atomic mass is 10.0. The number of benzene rings is 2. The predicted molar refractivity (Wildman–Crippen MR) is 99.5 cm³/mol. The Kier molecular flexibility index (Phi) is 5.63. The summed E-state index contributed by atoms with van der Waals surface area (Å²) in [6.45, 7) is 0.486. The van der Waals surface area contributed by atoms with E-state index in [0.717, 1.165) is 5.56 Å². The molecule has 0 saturated carbocycles. The SMILES string of the molecule is CN(C)Cc1cccc2c1C(S(=O)(=O)c1ccccc1)CS2(=O)=O.Cl. The van der Waals surface area contributed by atoms with E-state index in [-0.39, 0.29) is 22.2 Å². The van der Waals surface area contributed by atoms with E-state index in [4.69, 9.17) is 0 Å². The minimum Gasteiger partial charge on any atom is -0.305 e. The zero-order valence-corrected chi connectivity index (χ0v) is 16.4. The molecule has 3 rings (SSSR count). The summed E-state index contributed by atoms with van der Waals surface area (Å²) in [5.41, 5.74) is 1.16. The highest BCUT2D eigenvalue weighted by atomic mass is 35.5. The van der Waals surface area contributed by atoms with Gasteiger partial charge >= 0.3 is 0 Å². The Labute approximate surface area is 154 Å². The van der Waals surface area contributed by atoms with Gasteiger partial charge in [-0.2, -0.15) is 0 Å². The van der Waals surface area contributed by atoms with Gasteiger partial charge in [-0.3, -0.25) is 0 Å². The summed E-state index contributed by atoms with van der Waals surface area (Å²) in [4.78, 5) is 2.19. The first-order valence-corrected chi connectivity index (χ1v) is 10.7. The minimum atomic E-state index is -3.78. The first kappa shape index (κ1) is 19.9. The molecule has 0 amide bonds. The molecule has 8 heteroatoms. The van der Waals surface area contributed by atoms with E-state index >= 15 is 0 Å². The molecule has 0 aromatic heterocycles. The smallest absolute Gasteiger partial charge is 0.186 e. The molecule has 1 aliphatic rings. The van der Waals surface area contributed by atoms with Crippen molar-refractivity contribution >= 4 is 32.1 Å². The molecule has 0 bridgehead atoms. The highest BCUT2D eigenvalue weighted by Crippen LogP contribution is 2.43. The van der Waals surface area contributed by atoms with Crippen LogP contribution in [0, 0.1) is 0 Å². The lowest BCUT2D eigenvalue weighted by molar-refractivity contribution is 0.400. The molecule has 0 aliphatic carbocycles. The van der Waals surface area contributed by atoms with Crippen LogP contribution in [-0.4, -0.2) is 41.6 Å². The van der Waals surface area contributed by atoms with Crippen molar-refractivity contribution in [1.29, 1.82) is 0 Å². The molecule has 0 saturated heterocycles. The number of fused-ring (bicyclic) bond motifs is 1. The maximum atomic E-state index is 13.0. The van der Waals surface area contributed by atoms with Gasteiger partial charge in [0.05, 0.1) is 15.5 Å². The topological polar surface area (TPSA) is 71.5 Å². The van der Waals surface area contributed by atoms with Crippen molar-refractivity contribution in [3.8, 4) is 0 Å². The van der Waals surface area contributed by atoms with Gasteiger partial charge in [-0.05, 0) is 43.4 Å². The van der Waals surface area contributed by atoms with E-state index in [1.807, 2.05) is 19.0 Å². The van der Waals surface area contributed by atoms with Gasteiger partial charge in [-0.15, -0.1) is 12.4 Å². The minimum absolute atomic E-state index is 0. The second-order valence-electron chi connectivity index (χ2n) is 6.19. The molecule has 1 unspecified atom stereocenters. The Morgan fingerprint density at radius 3 is 2.28 bits per heavy atom. The number of hydrogen-bond donors (Lipinski definition) is 0. The van der Waals surface area contributed by atoms with Crippen LogP contribution in [0.4, 0.5) is 0 Å². The molecule has 1 atom stereocenters. The van der Waals surface area contributed by atoms with Gasteiger partial charge in [-0.1, -0.05) is 30.3 Å². The fourth-order valence-corrected chi connectivity index (χ4v) is 7.52. The van der Waals surface area contributed by atoms with Crippen molar-refractivity contribution in [3.05, 3.63) is 59.7 Å². The number of sulfone groups is 2. The third kappa shape index (κ3) is 3.60. The number of halogens is 1. The van der Waals surface area contributed by atoms with Crippen LogP contribution in [0.2, 0.25) is 0 Å².